The van der Waals surface area contributed by atoms with E-state index < -0.39 is 18.5 Å². The van der Waals surface area contributed by atoms with Gasteiger partial charge in [-0.25, -0.2) is 4.79 Å². The van der Waals surface area contributed by atoms with Gasteiger partial charge in [0.25, 0.3) is 5.91 Å². The Morgan fingerprint density at radius 2 is 1.73 bits per heavy atom. The van der Waals surface area contributed by atoms with Crippen LogP contribution in [0.25, 0.3) is 0 Å². The molecule has 0 radical (unpaired) electrons. The molecule has 0 aromatic heterocycles. The van der Waals surface area contributed by atoms with Crippen molar-refractivity contribution in [1.82, 2.24) is 4.90 Å². The maximum absolute atomic E-state index is 12.0. The first kappa shape index (κ1) is 17.2. The molecule has 1 rings (SSSR count). The number of nitriles is 2. The number of benzene rings is 1. The first-order chi connectivity index (χ1) is 10.6. The van der Waals surface area contributed by atoms with Gasteiger partial charge in [0, 0.05) is 13.1 Å². The van der Waals surface area contributed by atoms with Crippen molar-refractivity contribution in [1.29, 1.82) is 10.5 Å². The Morgan fingerprint density at radius 3 is 2.27 bits per heavy atom. The van der Waals surface area contributed by atoms with Gasteiger partial charge in [0.1, 0.15) is 0 Å². The van der Waals surface area contributed by atoms with Crippen molar-refractivity contribution in [3.63, 3.8) is 0 Å². The Balaban J connectivity index is 2.59. The second-order valence-corrected chi connectivity index (χ2v) is 4.59. The lowest BCUT2D eigenvalue weighted by Gasteiger charge is -2.20. The third kappa shape index (κ3) is 5.26. The Morgan fingerprint density at radius 1 is 1.14 bits per heavy atom. The Kier molecular flexibility index (Phi) is 7.15. The second-order valence-electron chi connectivity index (χ2n) is 4.59. The molecular formula is C16H17N3O3. The number of aryl methyl sites for hydroxylation is 1. The van der Waals surface area contributed by atoms with Crippen LogP contribution in [0.15, 0.2) is 24.3 Å². The van der Waals surface area contributed by atoms with Gasteiger partial charge in [-0.2, -0.15) is 10.5 Å². The van der Waals surface area contributed by atoms with E-state index in [0.29, 0.717) is 5.56 Å². The number of carbonyl (C=O) groups excluding carboxylic acids is 2. The predicted octanol–water partition coefficient (Wildman–Crippen LogP) is 1.81. The first-order valence-corrected chi connectivity index (χ1v) is 6.84. The van der Waals surface area contributed by atoms with Gasteiger partial charge in [-0.15, -0.1) is 0 Å². The third-order valence-corrected chi connectivity index (χ3v) is 3.03. The minimum atomic E-state index is -0.563. The van der Waals surface area contributed by atoms with Crippen LogP contribution in [0.1, 0.15) is 28.8 Å². The summed E-state index contributed by atoms with van der Waals surface area (Å²) in [4.78, 5) is 25.3. The zero-order valence-corrected chi connectivity index (χ0v) is 12.4. The molecule has 1 amide bonds. The molecule has 0 N–H and O–H groups in total. The Labute approximate surface area is 129 Å². The Hall–Kier alpha value is -2.86. The zero-order chi connectivity index (χ0) is 16.4. The second kappa shape index (κ2) is 9.15. The molecule has 0 fully saturated rings. The fourth-order valence-corrected chi connectivity index (χ4v) is 1.83. The standard InChI is InChI=1S/C16H17N3O3/c1-13-6-2-3-7-14(13)16(21)22-12-15(20)19(10-4-8-17)11-5-9-18/h2-3,6-7H,4-5,10-12H2,1H3. The number of amides is 1. The molecule has 0 saturated carbocycles. The van der Waals surface area contributed by atoms with Crippen LogP contribution in [0.3, 0.4) is 0 Å². The highest BCUT2D eigenvalue weighted by Gasteiger charge is 2.16. The average Bonchev–Trinajstić information content (AvgIpc) is 2.53. The molecule has 0 saturated heterocycles. The summed E-state index contributed by atoms with van der Waals surface area (Å²) in [5, 5.41) is 17.2. The minimum Gasteiger partial charge on any atom is -0.452 e. The van der Waals surface area contributed by atoms with E-state index in [1.165, 1.54) is 4.90 Å². The topological polar surface area (TPSA) is 94.2 Å². The third-order valence-electron chi connectivity index (χ3n) is 3.03. The van der Waals surface area contributed by atoms with E-state index in [0.717, 1.165) is 5.56 Å². The van der Waals surface area contributed by atoms with Gasteiger partial charge in [0.05, 0.1) is 30.5 Å². The van der Waals surface area contributed by atoms with Gasteiger partial charge in [-0.3, -0.25) is 4.79 Å². The molecule has 0 unspecified atom stereocenters. The number of nitrogens with zero attached hydrogens (tertiary/aromatic N) is 3. The summed E-state index contributed by atoms with van der Waals surface area (Å²) < 4.78 is 5.02. The average molecular weight is 299 g/mol. The molecule has 0 aliphatic rings. The molecule has 6 heteroatoms. The smallest absolute Gasteiger partial charge is 0.338 e. The fourth-order valence-electron chi connectivity index (χ4n) is 1.83. The van der Waals surface area contributed by atoms with Gasteiger partial charge in [-0.05, 0) is 18.6 Å². The van der Waals surface area contributed by atoms with E-state index in [1.807, 2.05) is 18.2 Å². The molecule has 0 bridgehead atoms. The van der Waals surface area contributed by atoms with Crippen molar-refractivity contribution in [2.75, 3.05) is 19.7 Å². The summed E-state index contributed by atoms with van der Waals surface area (Å²) in [5.41, 5.74) is 1.18. The van der Waals surface area contributed by atoms with Crippen LogP contribution in [-0.4, -0.2) is 36.5 Å². The van der Waals surface area contributed by atoms with Crippen molar-refractivity contribution in [3.8, 4) is 12.1 Å². The normalized spacial score (nSPS) is 9.41. The molecule has 0 atom stereocenters. The van der Waals surface area contributed by atoms with Crippen LogP contribution in [-0.2, 0) is 9.53 Å². The zero-order valence-electron chi connectivity index (χ0n) is 12.4. The number of ether oxygens (including phenoxy) is 1. The van der Waals surface area contributed by atoms with E-state index in [2.05, 4.69) is 0 Å². The van der Waals surface area contributed by atoms with Crippen LogP contribution in [0, 0.1) is 29.6 Å². The lowest BCUT2D eigenvalue weighted by atomic mass is 10.1. The number of carbonyl (C=O) groups is 2. The summed E-state index contributed by atoms with van der Waals surface area (Å²) in [6.07, 6.45) is 0.339. The summed E-state index contributed by atoms with van der Waals surface area (Å²) >= 11 is 0. The number of rotatable bonds is 7. The highest BCUT2D eigenvalue weighted by Crippen LogP contribution is 2.08. The minimum absolute atomic E-state index is 0.170. The van der Waals surface area contributed by atoms with Crippen molar-refractivity contribution >= 4 is 11.9 Å². The number of esters is 1. The van der Waals surface area contributed by atoms with E-state index in [1.54, 1.807) is 25.1 Å². The van der Waals surface area contributed by atoms with E-state index in [-0.39, 0.29) is 25.9 Å². The van der Waals surface area contributed by atoms with Crippen molar-refractivity contribution in [2.45, 2.75) is 19.8 Å². The summed E-state index contributed by atoms with van der Waals surface area (Å²) in [6, 6.07) is 10.8. The van der Waals surface area contributed by atoms with Crippen LogP contribution in [0.4, 0.5) is 0 Å². The highest BCUT2D eigenvalue weighted by molar-refractivity contribution is 5.92. The molecule has 22 heavy (non-hydrogen) atoms. The van der Waals surface area contributed by atoms with Crippen molar-refractivity contribution in [2.24, 2.45) is 0 Å². The molecule has 0 aliphatic carbocycles. The SMILES string of the molecule is Cc1ccccc1C(=O)OCC(=O)N(CCC#N)CCC#N. The molecule has 0 spiro atoms. The Bertz CT molecular complexity index is 596. The molecule has 1 aromatic carbocycles. The quantitative estimate of drug-likeness (QED) is 0.716. The molecule has 0 heterocycles. The van der Waals surface area contributed by atoms with Gasteiger partial charge in [-0.1, -0.05) is 18.2 Å². The maximum atomic E-state index is 12.0. The monoisotopic (exact) mass is 299 g/mol. The van der Waals surface area contributed by atoms with Gasteiger partial charge >= 0.3 is 5.97 Å². The molecular weight excluding hydrogens is 282 g/mol. The lowest BCUT2D eigenvalue weighted by Crippen LogP contribution is -2.36. The largest absolute Gasteiger partial charge is 0.452 e. The maximum Gasteiger partial charge on any atom is 0.338 e. The molecule has 114 valence electrons. The van der Waals surface area contributed by atoms with E-state index in [4.69, 9.17) is 15.3 Å². The lowest BCUT2D eigenvalue weighted by molar-refractivity contribution is -0.134. The van der Waals surface area contributed by atoms with E-state index >= 15 is 0 Å². The molecule has 0 aliphatic heterocycles. The van der Waals surface area contributed by atoms with Crippen LogP contribution in [0.5, 0.6) is 0 Å². The number of hydrogen-bond donors (Lipinski definition) is 0. The highest BCUT2D eigenvalue weighted by atomic mass is 16.5. The first-order valence-electron chi connectivity index (χ1n) is 6.84. The number of hydrogen-bond acceptors (Lipinski definition) is 5. The van der Waals surface area contributed by atoms with Gasteiger partial charge in [0.2, 0.25) is 0 Å². The summed E-state index contributed by atoms with van der Waals surface area (Å²) in [6.45, 7) is 1.83. The molecule has 1 aromatic rings. The van der Waals surface area contributed by atoms with Crippen LogP contribution in [0.2, 0.25) is 0 Å². The van der Waals surface area contributed by atoms with Gasteiger partial charge in [0.15, 0.2) is 6.61 Å². The summed E-state index contributed by atoms with van der Waals surface area (Å²) in [5.74, 6) is -0.973. The van der Waals surface area contributed by atoms with Crippen molar-refractivity contribution < 1.29 is 14.3 Å². The van der Waals surface area contributed by atoms with Crippen LogP contribution < -0.4 is 0 Å². The van der Waals surface area contributed by atoms with Crippen molar-refractivity contribution in [3.05, 3.63) is 35.4 Å². The van der Waals surface area contributed by atoms with E-state index in [9.17, 15) is 9.59 Å². The fraction of sp³-hybridized carbons (Fsp3) is 0.375. The summed E-state index contributed by atoms with van der Waals surface area (Å²) in [7, 11) is 0. The predicted molar refractivity (Wildman–Crippen MR) is 78.5 cm³/mol. The van der Waals surface area contributed by atoms with Gasteiger partial charge < -0.3 is 9.64 Å². The van der Waals surface area contributed by atoms with Crippen LogP contribution >= 0.6 is 0 Å². The molecule has 6 nitrogen and oxygen atoms in total.